The molecule has 1 aromatic heterocycles. The number of azo groups is 1. The number of phenolic OH excluding ortho intramolecular Hbond substituents is 1. The number of anilines is 2. The molecule has 4 rings (SSSR count). The molecule has 0 bridgehead atoms. The first-order valence-electron chi connectivity index (χ1n) is 9.95. The number of rotatable bonds is 9. The van der Waals surface area contributed by atoms with Gasteiger partial charge in [-0.05, 0) is 71.1 Å². The minimum absolute atomic E-state index is 0.0167. The largest absolute Gasteiger partial charge is 0.505 e. The molecular formula is C20H14Cl2N6O8S2. The second-order valence-corrected chi connectivity index (χ2v) is 9.90. The lowest BCUT2D eigenvalue weighted by Crippen LogP contribution is -2.03. The van der Waals surface area contributed by atoms with Gasteiger partial charge in [-0.2, -0.15) is 28.5 Å². The first kappa shape index (κ1) is 27.7. The highest BCUT2D eigenvalue weighted by molar-refractivity contribution is 7.94. The van der Waals surface area contributed by atoms with Gasteiger partial charge in [0.2, 0.25) is 16.5 Å². The van der Waals surface area contributed by atoms with Crippen LogP contribution in [0, 0.1) is 0 Å². The van der Waals surface area contributed by atoms with Gasteiger partial charge >= 0.3 is 0 Å². The Morgan fingerprint density at radius 2 is 1.71 bits per heavy atom. The van der Waals surface area contributed by atoms with Gasteiger partial charge in [0.05, 0.1) is 40.3 Å². The van der Waals surface area contributed by atoms with Crippen molar-refractivity contribution in [1.82, 2.24) is 15.0 Å². The van der Waals surface area contributed by atoms with Crippen molar-refractivity contribution < 1.29 is 37.4 Å². The van der Waals surface area contributed by atoms with Gasteiger partial charge in [-0.1, -0.05) is 5.04 Å². The molecule has 0 unspecified atom stereocenters. The number of aromatic nitrogens is 3. The van der Waals surface area contributed by atoms with Crippen molar-refractivity contribution in [3.8, 4) is 11.5 Å². The third kappa shape index (κ3) is 6.37. The van der Waals surface area contributed by atoms with Gasteiger partial charge in [0.15, 0.2) is 5.75 Å². The molecule has 4 N–H and O–H groups in total. The quantitative estimate of drug-likeness (QED) is 0.0584. The smallest absolute Gasteiger partial charge is 0.294 e. The second-order valence-electron chi connectivity index (χ2n) is 7.06. The van der Waals surface area contributed by atoms with E-state index in [1.807, 2.05) is 0 Å². The van der Waals surface area contributed by atoms with Crippen molar-refractivity contribution in [2.24, 2.45) is 10.2 Å². The Bertz CT molecular complexity index is 1620. The summed E-state index contributed by atoms with van der Waals surface area (Å²) in [6, 6.07) is 9.97. The number of hydrogen-bond donors (Lipinski definition) is 4. The number of halogens is 2. The number of nitrogens with one attached hydrogen (secondary N) is 1. The standard InChI is InChI=1S/C20H14Cl2N6O8S2/c1-34-11-4-2-10(3-5-11)27-28-16-14(37-36-35-30)7-9-6-12(38(31,32)33)8-13(15(9)17(16)29)23-20-25-18(21)24-19(22)26-20/h2-8,29-30H,1H3,(H,31,32,33)(H,23,24,25,26). The third-order valence-corrected chi connectivity index (χ3v) is 6.53. The summed E-state index contributed by atoms with van der Waals surface area (Å²) < 4.78 is 43.2. The van der Waals surface area contributed by atoms with Crippen molar-refractivity contribution in [1.29, 1.82) is 0 Å². The number of methoxy groups -OCH3 is 1. The molecule has 0 atom stereocenters. The van der Waals surface area contributed by atoms with E-state index < -0.39 is 20.8 Å². The van der Waals surface area contributed by atoms with Crippen LogP contribution in [0.1, 0.15) is 0 Å². The summed E-state index contributed by atoms with van der Waals surface area (Å²) in [7, 11) is -3.20. The van der Waals surface area contributed by atoms with Gasteiger partial charge in [-0.25, -0.2) is 5.26 Å². The van der Waals surface area contributed by atoms with Gasteiger partial charge in [-0.15, -0.1) is 9.45 Å². The lowest BCUT2D eigenvalue weighted by atomic mass is 10.1. The predicted molar refractivity (Wildman–Crippen MR) is 136 cm³/mol. The number of ether oxygens (including phenoxy) is 1. The van der Waals surface area contributed by atoms with Gasteiger partial charge in [0, 0.05) is 5.39 Å². The van der Waals surface area contributed by atoms with Crippen LogP contribution in [0.2, 0.25) is 10.6 Å². The molecule has 0 fully saturated rings. The average Bonchev–Trinajstić information content (AvgIpc) is 2.85. The highest BCUT2D eigenvalue weighted by Crippen LogP contribution is 2.47. The van der Waals surface area contributed by atoms with Gasteiger partial charge in [0.25, 0.3) is 10.1 Å². The van der Waals surface area contributed by atoms with E-state index in [1.54, 1.807) is 24.3 Å². The molecule has 0 amide bonds. The Hall–Kier alpha value is -3.35. The van der Waals surface area contributed by atoms with E-state index in [0.717, 1.165) is 12.1 Å². The summed E-state index contributed by atoms with van der Waals surface area (Å²) in [5.41, 5.74) is 0.169. The molecule has 0 aliphatic heterocycles. The summed E-state index contributed by atoms with van der Waals surface area (Å²) in [5.74, 6) is -0.106. The summed E-state index contributed by atoms with van der Waals surface area (Å²) >= 11 is 12.1. The van der Waals surface area contributed by atoms with E-state index in [0.29, 0.717) is 23.5 Å². The molecule has 14 nitrogen and oxygen atoms in total. The number of nitrogens with zero attached hydrogens (tertiary/aromatic N) is 5. The maximum Gasteiger partial charge on any atom is 0.294 e. The van der Waals surface area contributed by atoms with E-state index in [-0.39, 0.29) is 43.6 Å². The maximum atomic E-state index is 12.0. The maximum absolute atomic E-state index is 12.0. The van der Waals surface area contributed by atoms with Gasteiger partial charge in [0.1, 0.15) is 11.4 Å². The van der Waals surface area contributed by atoms with Crippen LogP contribution >= 0.6 is 35.2 Å². The molecule has 1 heterocycles. The second kappa shape index (κ2) is 11.6. The van der Waals surface area contributed by atoms with Crippen molar-refractivity contribution in [2.45, 2.75) is 9.79 Å². The fraction of sp³-hybridized carbons (Fsp3) is 0.0500. The Morgan fingerprint density at radius 3 is 2.32 bits per heavy atom. The Kier molecular flexibility index (Phi) is 8.44. The van der Waals surface area contributed by atoms with Crippen LogP contribution in [-0.4, -0.2) is 45.4 Å². The Morgan fingerprint density at radius 1 is 1.03 bits per heavy atom. The SMILES string of the molecule is COc1ccc(N=Nc2c(SOOO)cc3cc(S(=O)(=O)O)cc(Nc4nc(Cl)nc(Cl)n4)c3c2O)cc1. The van der Waals surface area contributed by atoms with Crippen LogP contribution in [-0.2, 0) is 19.5 Å². The summed E-state index contributed by atoms with van der Waals surface area (Å²) in [5, 5.41) is 34.0. The zero-order chi connectivity index (χ0) is 27.4. The molecular weight excluding hydrogens is 587 g/mol. The number of benzene rings is 3. The summed E-state index contributed by atoms with van der Waals surface area (Å²) in [4.78, 5) is 10.9. The van der Waals surface area contributed by atoms with Crippen molar-refractivity contribution >= 4 is 79.1 Å². The Labute approximate surface area is 228 Å². The number of aromatic hydroxyl groups is 1. The van der Waals surface area contributed by atoms with Crippen LogP contribution in [0.3, 0.4) is 0 Å². The highest BCUT2D eigenvalue weighted by Gasteiger charge is 2.22. The lowest BCUT2D eigenvalue weighted by molar-refractivity contribution is -0.432. The molecule has 18 heteroatoms. The lowest BCUT2D eigenvalue weighted by Gasteiger charge is -2.15. The van der Waals surface area contributed by atoms with E-state index in [1.165, 1.54) is 13.2 Å². The summed E-state index contributed by atoms with van der Waals surface area (Å²) in [6.07, 6.45) is 0. The minimum Gasteiger partial charge on any atom is -0.505 e. The van der Waals surface area contributed by atoms with Gasteiger partial charge < -0.3 is 15.2 Å². The normalized spacial score (nSPS) is 11.8. The molecule has 198 valence electrons. The van der Waals surface area contributed by atoms with Crippen LogP contribution < -0.4 is 10.1 Å². The fourth-order valence-corrected chi connectivity index (χ4v) is 4.58. The zero-order valence-corrected chi connectivity index (χ0v) is 21.9. The summed E-state index contributed by atoms with van der Waals surface area (Å²) in [6.45, 7) is 0. The van der Waals surface area contributed by atoms with E-state index in [2.05, 4.69) is 39.9 Å². The average molecular weight is 601 g/mol. The molecule has 38 heavy (non-hydrogen) atoms. The monoisotopic (exact) mass is 600 g/mol. The molecule has 0 saturated heterocycles. The predicted octanol–water partition coefficient (Wildman–Crippen LogP) is 5.88. The minimum atomic E-state index is -4.71. The topological polar surface area (TPSA) is 198 Å². The van der Waals surface area contributed by atoms with Crippen molar-refractivity contribution in [2.75, 3.05) is 12.4 Å². The van der Waals surface area contributed by atoms with Crippen LogP contribution in [0.5, 0.6) is 11.5 Å². The van der Waals surface area contributed by atoms with Crippen molar-refractivity contribution in [3.63, 3.8) is 0 Å². The van der Waals surface area contributed by atoms with Gasteiger partial charge in [-0.3, -0.25) is 4.55 Å². The van der Waals surface area contributed by atoms with Crippen LogP contribution in [0.25, 0.3) is 10.8 Å². The van der Waals surface area contributed by atoms with Crippen molar-refractivity contribution in [3.05, 3.63) is 53.0 Å². The van der Waals surface area contributed by atoms with E-state index >= 15 is 0 Å². The molecule has 3 aromatic carbocycles. The fourth-order valence-electron chi connectivity index (χ4n) is 3.18. The zero-order valence-electron chi connectivity index (χ0n) is 18.7. The molecule has 0 aliphatic rings. The Balaban J connectivity index is 1.93. The molecule has 0 radical (unpaired) electrons. The third-order valence-electron chi connectivity index (χ3n) is 4.74. The molecule has 0 spiro atoms. The van der Waals surface area contributed by atoms with Crippen LogP contribution in [0.15, 0.2) is 62.5 Å². The molecule has 0 aliphatic carbocycles. The van der Waals surface area contributed by atoms with Crippen LogP contribution in [0.4, 0.5) is 23.0 Å². The molecule has 4 aromatic rings. The van der Waals surface area contributed by atoms with E-state index in [9.17, 15) is 18.1 Å². The van der Waals surface area contributed by atoms with E-state index in [4.69, 9.17) is 33.2 Å². The number of hydrogen-bond acceptors (Lipinski definition) is 14. The molecule has 0 saturated carbocycles. The first-order valence-corrected chi connectivity index (χ1v) is 12.9. The first-order chi connectivity index (χ1) is 18.1. The highest BCUT2D eigenvalue weighted by atomic mass is 35.5. The number of fused-ring (bicyclic) bond motifs is 1. The number of phenols is 1.